The molecule has 0 radical (unpaired) electrons. The lowest BCUT2D eigenvalue weighted by Gasteiger charge is -2.23. The third kappa shape index (κ3) is 3.35. The summed E-state index contributed by atoms with van der Waals surface area (Å²) < 4.78 is 4.72. The smallest absolute Gasteiger partial charge is 0.325 e. The number of benzene rings is 1. The summed E-state index contributed by atoms with van der Waals surface area (Å²) in [4.78, 5) is 11.4. The first-order chi connectivity index (χ1) is 7.45. The van der Waals surface area contributed by atoms with E-state index in [0.29, 0.717) is 6.54 Å². The third-order valence-corrected chi connectivity index (χ3v) is 2.55. The van der Waals surface area contributed by atoms with E-state index in [1.165, 1.54) is 12.7 Å². The maximum absolute atomic E-state index is 11.4. The fourth-order valence-electron chi connectivity index (χ4n) is 1.36. The second kappa shape index (κ2) is 5.12. The van der Waals surface area contributed by atoms with E-state index in [1.54, 1.807) is 0 Å². The molecule has 0 bridgehead atoms. The zero-order valence-electron chi connectivity index (χ0n) is 10.3. The van der Waals surface area contributed by atoms with Gasteiger partial charge in [0.1, 0.15) is 5.54 Å². The first-order valence-electron chi connectivity index (χ1n) is 5.34. The van der Waals surface area contributed by atoms with Crippen molar-refractivity contribution in [1.82, 2.24) is 5.32 Å². The van der Waals surface area contributed by atoms with Crippen LogP contribution in [0.3, 0.4) is 0 Å². The maximum Gasteiger partial charge on any atom is 0.325 e. The summed E-state index contributed by atoms with van der Waals surface area (Å²) in [7, 11) is 1.40. The van der Waals surface area contributed by atoms with Crippen molar-refractivity contribution in [2.75, 3.05) is 7.11 Å². The molecule has 3 heteroatoms. The van der Waals surface area contributed by atoms with Crippen LogP contribution in [-0.2, 0) is 16.1 Å². The largest absolute Gasteiger partial charge is 0.468 e. The summed E-state index contributed by atoms with van der Waals surface area (Å²) in [5, 5.41) is 3.17. The van der Waals surface area contributed by atoms with E-state index in [-0.39, 0.29) is 5.97 Å². The second-order valence-corrected chi connectivity index (χ2v) is 4.46. The van der Waals surface area contributed by atoms with E-state index < -0.39 is 5.54 Å². The molecule has 0 atom stereocenters. The molecule has 16 heavy (non-hydrogen) atoms. The summed E-state index contributed by atoms with van der Waals surface area (Å²) >= 11 is 0. The third-order valence-electron chi connectivity index (χ3n) is 2.55. The van der Waals surface area contributed by atoms with Crippen molar-refractivity contribution in [3.8, 4) is 0 Å². The lowest BCUT2D eigenvalue weighted by atomic mass is 10.1. The zero-order chi connectivity index (χ0) is 12.2. The SMILES string of the molecule is COC(=O)C(C)(C)NCc1ccc(C)cc1. The minimum atomic E-state index is -0.653. The molecule has 1 aromatic rings. The first kappa shape index (κ1) is 12.7. The van der Waals surface area contributed by atoms with E-state index in [9.17, 15) is 4.79 Å². The van der Waals surface area contributed by atoms with Gasteiger partial charge in [0.15, 0.2) is 0 Å². The first-order valence-corrected chi connectivity index (χ1v) is 5.34. The normalized spacial score (nSPS) is 11.2. The van der Waals surface area contributed by atoms with Crippen LogP contribution < -0.4 is 5.32 Å². The van der Waals surface area contributed by atoms with Gasteiger partial charge in [-0.05, 0) is 26.3 Å². The molecule has 1 rings (SSSR count). The van der Waals surface area contributed by atoms with Crippen molar-refractivity contribution in [2.24, 2.45) is 0 Å². The number of nitrogens with one attached hydrogen (secondary N) is 1. The maximum atomic E-state index is 11.4. The van der Waals surface area contributed by atoms with Gasteiger partial charge < -0.3 is 4.74 Å². The molecule has 0 aliphatic carbocycles. The lowest BCUT2D eigenvalue weighted by Crippen LogP contribution is -2.46. The highest BCUT2D eigenvalue weighted by Gasteiger charge is 2.27. The molecule has 3 nitrogen and oxygen atoms in total. The van der Waals surface area contributed by atoms with Crippen LogP contribution in [0.4, 0.5) is 0 Å². The number of carbonyl (C=O) groups excluding carboxylic acids is 1. The highest BCUT2D eigenvalue weighted by molar-refractivity contribution is 5.79. The number of ether oxygens (including phenoxy) is 1. The Morgan fingerprint density at radius 1 is 1.31 bits per heavy atom. The number of hydrogen-bond acceptors (Lipinski definition) is 3. The topological polar surface area (TPSA) is 38.3 Å². The van der Waals surface area contributed by atoms with E-state index in [2.05, 4.69) is 36.5 Å². The van der Waals surface area contributed by atoms with Crippen LogP contribution in [0.5, 0.6) is 0 Å². The van der Waals surface area contributed by atoms with Gasteiger partial charge >= 0.3 is 5.97 Å². The van der Waals surface area contributed by atoms with Gasteiger partial charge in [-0.25, -0.2) is 0 Å². The highest BCUT2D eigenvalue weighted by Crippen LogP contribution is 2.08. The van der Waals surface area contributed by atoms with Crippen LogP contribution in [0.2, 0.25) is 0 Å². The lowest BCUT2D eigenvalue weighted by molar-refractivity contribution is -0.147. The quantitative estimate of drug-likeness (QED) is 0.791. The average molecular weight is 221 g/mol. The molecule has 0 aliphatic rings. The molecular formula is C13H19NO2. The van der Waals surface area contributed by atoms with Crippen LogP contribution in [0, 0.1) is 6.92 Å². The fourth-order valence-corrected chi connectivity index (χ4v) is 1.36. The van der Waals surface area contributed by atoms with Crippen molar-refractivity contribution in [3.63, 3.8) is 0 Å². The summed E-state index contributed by atoms with van der Waals surface area (Å²) in [6.45, 7) is 6.33. The predicted molar refractivity (Wildman–Crippen MR) is 64.1 cm³/mol. The standard InChI is InChI=1S/C13H19NO2/c1-10-5-7-11(8-6-10)9-14-13(2,3)12(15)16-4/h5-8,14H,9H2,1-4H3. The molecule has 0 amide bonds. The van der Waals surface area contributed by atoms with Crippen molar-refractivity contribution in [2.45, 2.75) is 32.9 Å². The Kier molecular flexibility index (Phi) is 4.07. The van der Waals surface area contributed by atoms with Gasteiger partial charge in [0, 0.05) is 6.54 Å². The van der Waals surface area contributed by atoms with Gasteiger partial charge in [-0.2, -0.15) is 0 Å². The molecule has 0 saturated carbocycles. The van der Waals surface area contributed by atoms with Crippen molar-refractivity contribution < 1.29 is 9.53 Å². The predicted octanol–water partition coefficient (Wildman–Crippen LogP) is 2.04. The molecule has 0 unspecified atom stereocenters. The van der Waals surface area contributed by atoms with Crippen LogP contribution in [0.15, 0.2) is 24.3 Å². The molecule has 0 saturated heterocycles. The van der Waals surface area contributed by atoms with Crippen molar-refractivity contribution in [3.05, 3.63) is 35.4 Å². The van der Waals surface area contributed by atoms with Gasteiger partial charge in [-0.15, -0.1) is 0 Å². The number of carbonyl (C=O) groups is 1. The van der Waals surface area contributed by atoms with E-state index in [0.717, 1.165) is 5.56 Å². The Balaban J connectivity index is 2.57. The summed E-state index contributed by atoms with van der Waals surface area (Å²) in [6, 6.07) is 8.22. The van der Waals surface area contributed by atoms with Crippen molar-refractivity contribution >= 4 is 5.97 Å². The number of methoxy groups -OCH3 is 1. The number of aryl methyl sites for hydroxylation is 1. The Morgan fingerprint density at radius 2 is 1.88 bits per heavy atom. The van der Waals surface area contributed by atoms with Gasteiger partial charge in [0.05, 0.1) is 7.11 Å². The molecule has 0 aliphatic heterocycles. The monoisotopic (exact) mass is 221 g/mol. The summed E-state index contributed by atoms with van der Waals surface area (Å²) in [5.74, 6) is -0.250. The zero-order valence-corrected chi connectivity index (χ0v) is 10.3. The number of esters is 1. The van der Waals surface area contributed by atoms with E-state index in [1.807, 2.05) is 13.8 Å². The molecule has 0 heterocycles. The van der Waals surface area contributed by atoms with E-state index >= 15 is 0 Å². The van der Waals surface area contributed by atoms with Crippen LogP contribution in [-0.4, -0.2) is 18.6 Å². The van der Waals surface area contributed by atoms with Crippen LogP contribution in [0.1, 0.15) is 25.0 Å². The molecule has 1 aromatic carbocycles. The molecule has 0 aromatic heterocycles. The van der Waals surface area contributed by atoms with Crippen LogP contribution in [0.25, 0.3) is 0 Å². The fraction of sp³-hybridized carbons (Fsp3) is 0.462. The summed E-state index contributed by atoms with van der Waals surface area (Å²) in [5.41, 5.74) is 1.73. The second-order valence-electron chi connectivity index (χ2n) is 4.46. The van der Waals surface area contributed by atoms with Gasteiger partial charge in [0.25, 0.3) is 0 Å². The van der Waals surface area contributed by atoms with Crippen molar-refractivity contribution in [1.29, 1.82) is 0 Å². The average Bonchev–Trinajstić information content (AvgIpc) is 2.27. The Morgan fingerprint density at radius 3 is 2.38 bits per heavy atom. The van der Waals surface area contributed by atoms with Crippen LogP contribution >= 0.6 is 0 Å². The van der Waals surface area contributed by atoms with Gasteiger partial charge in [-0.1, -0.05) is 29.8 Å². The Bertz CT molecular complexity index is 355. The molecule has 0 spiro atoms. The number of hydrogen-bond donors (Lipinski definition) is 1. The highest BCUT2D eigenvalue weighted by atomic mass is 16.5. The molecular weight excluding hydrogens is 202 g/mol. The number of rotatable bonds is 4. The molecule has 1 N–H and O–H groups in total. The molecule has 88 valence electrons. The Hall–Kier alpha value is -1.35. The van der Waals surface area contributed by atoms with E-state index in [4.69, 9.17) is 4.74 Å². The van der Waals surface area contributed by atoms with Gasteiger partial charge in [-0.3, -0.25) is 10.1 Å². The summed E-state index contributed by atoms with van der Waals surface area (Å²) in [6.07, 6.45) is 0. The molecule has 0 fully saturated rings. The Labute approximate surface area is 96.8 Å². The minimum Gasteiger partial charge on any atom is -0.468 e. The van der Waals surface area contributed by atoms with Gasteiger partial charge in [0.2, 0.25) is 0 Å². The minimum absolute atomic E-state index is 0.250.